The molecule has 1 heterocycles. The Morgan fingerprint density at radius 1 is 1.04 bits per heavy atom. The van der Waals surface area contributed by atoms with E-state index in [-0.39, 0.29) is 12.0 Å². The molecule has 0 saturated carbocycles. The molecule has 0 radical (unpaired) electrons. The molecule has 3 rings (SSSR count). The first kappa shape index (κ1) is 17.8. The molecule has 0 aliphatic carbocycles. The van der Waals surface area contributed by atoms with Crippen LogP contribution in [-0.2, 0) is 20.5 Å². The van der Waals surface area contributed by atoms with Gasteiger partial charge in [-0.3, -0.25) is 4.79 Å². The van der Waals surface area contributed by atoms with Gasteiger partial charge in [0, 0.05) is 0 Å². The number of nitrogens with zero attached hydrogens (tertiary/aromatic N) is 1. The van der Waals surface area contributed by atoms with Crippen molar-refractivity contribution >= 4 is 17.0 Å². The van der Waals surface area contributed by atoms with Gasteiger partial charge < -0.3 is 4.74 Å². The lowest BCUT2D eigenvalue weighted by atomic mass is 10.1. The van der Waals surface area contributed by atoms with E-state index in [0.29, 0.717) is 4.90 Å². The topological polar surface area (TPSA) is 46.4 Å². The van der Waals surface area contributed by atoms with Gasteiger partial charge in [0.15, 0.2) is 0 Å². The normalized spacial score (nSPS) is 23.8. The van der Waals surface area contributed by atoms with Crippen LogP contribution in [0, 0.1) is 6.92 Å². The summed E-state index contributed by atoms with van der Waals surface area (Å²) in [6.45, 7) is 7.50. The van der Waals surface area contributed by atoms with Crippen LogP contribution in [-0.4, -0.2) is 26.1 Å². The van der Waals surface area contributed by atoms with E-state index in [9.17, 15) is 9.00 Å². The Morgan fingerprint density at radius 3 is 2.20 bits per heavy atom. The number of rotatable bonds is 4. The third-order valence-electron chi connectivity index (χ3n) is 3.96. The second kappa shape index (κ2) is 6.73. The van der Waals surface area contributed by atoms with Gasteiger partial charge in [0.05, 0.1) is 10.9 Å². The largest absolute Gasteiger partial charge is 0.459 e. The van der Waals surface area contributed by atoms with Crippen LogP contribution in [0.4, 0.5) is 0 Å². The zero-order valence-electron chi connectivity index (χ0n) is 14.9. The molecular weight excluding hydrogens is 334 g/mol. The standard InChI is InChI=1S/C20H23NO3S/c1-14-10-12-16(13-11-14)25(23)21-17(15-8-6-5-7-9-15)18(21)19(22)24-20(2,3)4/h5-13,17-18H,1-4H3/t17-,18+,21?,25?/m1/s1. The zero-order chi connectivity index (χ0) is 18.2. The molecule has 0 bridgehead atoms. The van der Waals surface area contributed by atoms with Gasteiger partial charge in [0.2, 0.25) is 0 Å². The first-order valence-corrected chi connectivity index (χ1v) is 9.43. The fraction of sp³-hybridized carbons (Fsp3) is 0.350. The summed E-state index contributed by atoms with van der Waals surface area (Å²) in [5.41, 5.74) is 1.51. The lowest BCUT2D eigenvalue weighted by Crippen LogP contribution is -2.28. The maximum Gasteiger partial charge on any atom is 0.326 e. The molecule has 2 aromatic carbocycles. The van der Waals surface area contributed by atoms with Crippen LogP contribution in [0.15, 0.2) is 59.5 Å². The fourth-order valence-electron chi connectivity index (χ4n) is 2.77. The molecular formula is C20H23NO3S. The van der Waals surface area contributed by atoms with Gasteiger partial charge in [-0.2, -0.15) is 4.31 Å². The predicted octanol–water partition coefficient (Wildman–Crippen LogP) is 3.78. The SMILES string of the molecule is Cc1ccc(S(=O)N2[C@H](C(=O)OC(C)(C)C)[C@H]2c2ccccc2)cc1. The number of ether oxygens (including phenoxy) is 1. The summed E-state index contributed by atoms with van der Waals surface area (Å²) < 4.78 is 20.3. The maximum absolute atomic E-state index is 13.0. The van der Waals surface area contributed by atoms with Crippen LogP contribution in [0.25, 0.3) is 0 Å². The second-order valence-electron chi connectivity index (χ2n) is 7.26. The van der Waals surface area contributed by atoms with Crippen molar-refractivity contribution in [3.63, 3.8) is 0 Å². The van der Waals surface area contributed by atoms with Gasteiger partial charge in [0.25, 0.3) is 0 Å². The van der Waals surface area contributed by atoms with Crippen molar-refractivity contribution in [2.24, 2.45) is 0 Å². The first-order chi connectivity index (χ1) is 11.8. The summed E-state index contributed by atoms with van der Waals surface area (Å²) >= 11 is 0. The van der Waals surface area contributed by atoms with E-state index in [0.717, 1.165) is 11.1 Å². The van der Waals surface area contributed by atoms with Crippen molar-refractivity contribution in [3.05, 3.63) is 65.7 Å². The highest BCUT2D eigenvalue weighted by molar-refractivity contribution is 7.83. The number of hydrogen-bond donors (Lipinski definition) is 0. The first-order valence-electron chi connectivity index (χ1n) is 8.32. The lowest BCUT2D eigenvalue weighted by molar-refractivity contribution is -0.154. The Kier molecular flexibility index (Phi) is 4.80. The third kappa shape index (κ3) is 3.99. The number of hydrogen-bond acceptors (Lipinski definition) is 3. The van der Waals surface area contributed by atoms with Crippen molar-refractivity contribution in [2.75, 3.05) is 0 Å². The molecule has 1 aliphatic rings. The van der Waals surface area contributed by atoms with E-state index >= 15 is 0 Å². The highest BCUT2D eigenvalue weighted by atomic mass is 32.2. The van der Waals surface area contributed by atoms with Crippen LogP contribution >= 0.6 is 0 Å². The molecule has 0 aromatic heterocycles. The summed E-state index contributed by atoms with van der Waals surface area (Å²) in [6.07, 6.45) is 0. The molecule has 1 saturated heterocycles. The van der Waals surface area contributed by atoms with Crippen LogP contribution in [0.1, 0.15) is 37.9 Å². The molecule has 2 unspecified atom stereocenters. The molecule has 4 nitrogen and oxygen atoms in total. The summed E-state index contributed by atoms with van der Waals surface area (Å²) in [4.78, 5) is 13.3. The van der Waals surface area contributed by atoms with Crippen molar-refractivity contribution in [3.8, 4) is 0 Å². The molecule has 4 atom stereocenters. The maximum atomic E-state index is 13.0. The summed E-state index contributed by atoms with van der Waals surface area (Å²) in [5, 5.41) is 0. The molecule has 2 aromatic rings. The molecule has 132 valence electrons. The minimum absolute atomic E-state index is 0.224. The van der Waals surface area contributed by atoms with Gasteiger partial charge in [-0.1, -0.05) is 48.0 Å². The number of esters is 1. The highest BCUT2D eigenvalue weighted by Gasteiger charge is 2.58. The van der Waals surface area contributed by atoms with Gasteiger partial charge in [-0.25, -0.2) is 4.21 Å². The van der Waals surface area contributed by atoms with E-state index in [2.05, 4.69) is 0 Å². The summed E-state index contributed by atoms with van der Waals surface area (Å²) in [7, 11) is -1.41. The number of carbonyl (C=O) groups excluding carboxylic acids is 1. The summed E-state index contributed by atoms with van der Waals surface area (Å²) in [6, 6.07) is 16.5. The second-order valence-corrected chi connectivity index (χ2v) is 8.65. The molecule has 0 N–H and O–H groups in total. The lowest BCUT2D eigenvalue weighted by Gasteiger charge is -2.19. The Labute approximate surface area is 151 Å². The molecule has 5 heteroatoms. The smallest absolute Gasteiger partial charge is 0.326 e. The third-order valence-corrected chi connectivity index (χ3v) is 5.47. The number of carbonyl (C=O) groups is 1. The van der Waals surface area contributed by atoms with Gasteiger partial charge in [-0.05, 0) is 45.4 Å². The van der Waals surface area contributed by atoms with E-state index in [1.54, 1.807) is 4.31 Å². The van der Waals surface area contributed by atoms with Crippen molar-refractivity contribution < 1.29 is 13.7 Å². The Balaban J connectivity index is 1.88. The fourth-order valence-corrected chi connectivity index (χ4v) is 4.18. The Bertz CT molecular complexity index is 781. The molecule has 1 aliphatic heterocycles. The minimum Gasteiger partial charge on any atom is -0.459 e. The number of aryl methyl sites for hydroxylation is 1. The highest BCUT2D eigenvalue weighted by Crippen LogP contribution is 2.47. The van der Waals surface area contributed by atoms with Crippen molar-refractivity contribution in [1.82, 2.24) is 4.31 Å². The van der Waals surface area contributed by atoms with E-state index in [4.69, 9.17) is 4.74 Å². The molecule has 0 amide bonds. The van der Waals surface area contributed by atoms with Crippen molar-refractivity contribution in [2.45, 2.75) is 50.3 Å². The van der Waals surface area contributed by atoms with Gasteiger partial charge in [0.1, 0.15) is 22.6 Å². The Hall–Kier alpha value is -1.98. The minimum atomic E-state index is -1.41. The average molecular weight is 357 g/mol. The van der Waals surface area contributed by atoms with E-state index < -0.39 is 22.6 Å². The van der Waals surface area contributed by atoms with Crippen LogP contribution < -0.4 is 0 Å². The Morgan fingerprint density at radius 2 is 1.64 bits per heavy atom. The molecule has 1 fully saturated rings. The van der Waals surface area contributed by atoms with E-state index in [1.165, 1.54) is 0 Å². The van der Waals surface area contributed by atoms with Crippen molar-refractivity contribution in [1.29, 1.82) is 0 Å². The van der Waals surface area contributed by atoms with Gasteiger partial charge in [-0.15, -0.1) is 0 Å². The average Bonchev–Trinajstić information content (AvgIpc) is 3.30. The molecule has 0 spiro atoms. The summed E-state index contributed by atoms with van der Waals surface area (Å²) in [5.74, 6) is -0.332. The quantitative estimate of drug-likeness (QED) is 0.618. The zero-order valence-corrected chi connectivity index (χ0v) is 15.7. The molecule has 25 heavy (non-hydrogen) atoms. The monoisotopic (exact) mass is 357 g/mol. The predicted molar refractivity (Wildman–Crippen MR) is 98.2 cm³/mol. The van der Waals surface area contributed by atoms with E-state index in [1.807, 2.05) is 82.3 Å². The van der Waals surface area contributed by atoms with Crippen LogP contribution in [0.2, 0.25) is 0 Å². The van der Waals surface area contributed by atoms with Crippen LogP contribution in [0.3, 0.4) is 0 Å². The number of benzene rings is 2. The van der Waals surface area contributed by atoms with Gasteiger partial charge >= 0.3 is 5.97 Å². The van der Waals surface area contributed by atoms with Crippen LogP contribution in [0.5, 0.6) is 0 Å².